The van der Waals surface area contributed by atoms with E-state index >= 15 is 0 Å². The first-order valence-corrected chi connectivity index (χ1v) is 7.44. The van der Waals surface area contributed by atoms with Gasteiger partial charge in [0.2, 0.25) is 10.0 Å². The van der Waals surface area contributed by atoms with Crippen molar-refractivity contribution in [3.05, 3.63) is 0 Å². The molecule has 17 heavy (non-hydrogen) atoms. The van der Waals surface area contributed by atoms with Gasteiger partial charge in [0.1, 0.15) is 0 Å². The van der Waals surface area contributed by atoms with Crippen LogP contribution in [0.1, 0.15) is 52.9 Å². The third-order valence-corrected chi connectivity index (χ3v) is 4.91. The van der Waals surface area contributed by atoms with Crippen molar-refractivity contribution >= 4 is 16.0 Å². The van der Waals surface area contributed by atoms with Gasteiger partial charge < -0.3 is 4.84 Å². The summed E-state index contributed by atoms with van der Waals surface area (Å²) in [7, 11) is -3.62. The Hall–Kier alpha value is -0.620. The molecule has 0 unspecified atom stereocenters. The second-order valence-corrected chi connectivity index (χ2v) is 7.85. The number of hydrogen-bond acceptors (Lipinski definition) is 4. The van der Waals surface area contributed by atoms with E-state index in [1.165, 1.54) is 0 Å². The van der Waals surface area contributed by atoms with Crippen LogP contribution in [0.4, 0.5) is 0 Å². The van der Waals surface area contributed by atoms with Crippen LogP contribution >= 0.6 is 0 Å². The van der Waals surface area contributed by atoms with Crippen LogP contribution < -0.4 is 4.89 Å². The smallest absolute Gasteiger partial charge is 0.329 e. The van der Waals surface area contributed by atoms with Crippen LogP contribution in [0, 0.1) is 5.92 Å². The molecule has 0 bridgehead atoms. The Morgan fingerprint density at radius 1 is 1.18 bits per heavy atom. The van der Waals surface area contributed by atoms with E-state index in [0.29, 0.717) is 0 Å². The molecule has 1 fully saturated rings. The summed E-state index contributed by atoms with van der Waals surface area (Å²) in [5, 5.41) is 0. The number of carbonyl (C=O) groups is 1. The largest absolute Gasteiger partial charge is 0.356 e. The van der Waals surface area contributed by atoms with Crippen LogP contribution in [-0.2, 0) is 19.7 Å². The average molecular weight is 263 g/mol. The third kappa shape index (κ3) is 3.96. The van der Waals surface area contributed by atoms with Crippen LogP contribution in [-0.4, -0.2) is 19.1 Å². The summed E-state index contributed by atoms with van der Waals surface area (Å²) in [5.74, 6) is -0.621. The van der Waals surface area contributed by atoms with Crippen molar-refractivity contribution in [3.8, 4) is 0 Å². The minimum Gasteiger partial charge on any atom is -0.356 e. The summed E-state index contributed by atoms with van der Waals surface area (Å²) in [4.78, 5) is 18.2. The zero-order chi connectivity index (χ0) is 13.1. The summed E-state index contributed by atoms with van der Waals surface area (Å²) < 4.78 is 22.3. The molecule has 1 aliphatic carbocycles. The van der Waals surface area contributed by atoms with E-state index in [1.807, 2.05) is 4.89 Å². The van der Waals surface area contributed by atoms with Crippen molar-refractivity contribution in [2.24, 2.45) is 5.92 Å². The van der Waals surface area contributed by atoms with Crippen LogP contribution in [0.5, 0.6) is 0 Å². The summed E-state index contributed by atoms with van der Waals surface area (Å²) in [6.45, 7) is 4.64. The Kier molecular flexibility index (Phi) is 4.55. The first-order valence-electron chi connectivity index (χ1n) is 5.96. The van der Waals surface area contributed by atoms with E-state index in [9.17, 15) is 13.2 Å². The molecule has 1 rings (SSSR count). The maximum atomic E-state index is 11.7. The number of rotatable bonds is 3. The maximum Gasteiger partial charge on any atom is 0.329 e. The van der Waals surface area contributed by atoms with E-state index in [-0.39, 0.29) is 5.92 Å². The quantitative estimate of drug-likeness (QED) is 0.787. The molecule has 0 heterocycles. The van der Waals surface area contributed by atoms with Crippen molar-refractivity contribution in [1.29, 1.82) is 0 Å². The minimum atomic E-state index is -3.62. The Labute approximate surface area is 103 Å². The molecule has 0 amide bonds. The third-order valence-electron chi connectivity index (χ3n) is 3.00. The normalized spacial score (nSPS) is 19.0. The molecule has 0 saturated heterocycles. The number of carbonyl (C=O) groups excluding carboxylic acids is 1. The van der Waals surface area contributed by atoms with Gasteiger partial charge in [-0.2, -0.15) is 0 Å². The molecule has 0 aromatic rings. The molecule has 0 aromatic carbocycles. The topological polar surface area (TPSA) is 72.5 Å². The van der Waals surface area contributed by atoms with Crippen LogP contribution in [0.15, 0.2) is 0 Å². The van der Waals surface area contributed by atoms with E-state index in [1.54, 1.807) is 20.8 Å². The summed E-state index contributed by atoms with van der Waals surface area (Å²) in [6.07, 6.45) is 4.72. The fourth-order valence-electron chi connectivity index (χ4n) is 1.64. The van der Waals surface area contributed by atoms with Crippen molar-refractivity contribution in [1.82, 2.24) is 4.89 Å². The van der Waals surface area contributed by atoms with Crippen LogP contribution in [0.25, 0.3) is 0 Å². The zero-order valence-electron chi connectivity index (χ0n) is 10.7. The highest BCUT2D eigenvalue weighted by Crippen LogP contribution is 2.24. The van der Waals surface area contributed by atoms with Gasteiger partial charge >= 0.3 is 5.97 Å². The molecule has 0 radical (unpaired) electrons. The molecule has 0 atom stereocenters. The van der Waals surface area contributed by atoms with Crippen LogP contribution in [0.3, 0.4) is 0 Å². The van der Waals surface area contributed by atoms with E-state index < -0.39 is 20.7 Å². The second-order valence-electron chi connectivity index (χ2n) is 5.46. The highest BCUT2D eigenvalue weighted by molar-refractivity contribution is 7.90. The second kappa shape index (κ2) is 5.35. The Morgan fingerprint density at radius 3 is 2.18 bits per heavy atom. The highest BCUT2D eigenvalue weighted by atomic mass is 32.2. The summed E-state index contributed by atoms with van der Waals surface area (Å²) >= 11 is 0. The van der Waals surface area contributed by atoms with E-state index in [2.05, 4.69) is 0 Å². The van der Waals surface area contributed by atoms with Gasteiger partial charge in [0.15, 0.2) is 0 Å². The molecule has 5 nitrogen and oxygen atoms in total. The van der Waals surface area contributed by atoms with Gasteiger partial charge in [0, 0.05) is 0 Å². The summed E-state index contributed by atoms with van der Waals surface area (Å²) in [6, 6.07) is 0. The zero-order valence-corrected chi connectivity index (χ0v) is 11.5. The lowest BCUT2D eigenvalue weighted by Crippen LogP contribution is -2.41. The van der Waals surface area contributed by atoms with Gasteiger partial charge in [-0.25, -0.2) is 8.42 Å². The molecule has 1 saturated carbocycles. The van der Waals surface area contributed by atoms with E-state index in [4.69, 9.17) is 4.84 Å². The molecular formula is C11H21NO4S. The molecule has 0 aliphatic heterocycles. The Morgan fingerprint density at radius 2 is 1.71 bits per heavy atom. The van der Waals surface area contributed by atoms with Gasteiger partial charge in [0.05, 0.1) is 10.7 Å². The van der Waals surface area contributed by atoms with Crippen molar-refractivity contribution in [2.45, 2.75) is 57.6 Å². The average Bonchev–Trinajstić information content (AvgIpc) is 2.25. The molecule has 6 heteroatoms. The van der Waals surface area contributed by atoms with Crippen LogP contribution in [0.2, 0.25) is 0 Å². The monoisotopic (exact) mass is 263 g/mol. The Bertz CT molecular complexity index is 363. The maximum absolute atomic E-state index is 11.7. The molecule has 1 N–H and O–H groups in total. The van der Waals surface area contributed by atoms with Gasteiger partial charge in [-0.1, -0.05) is 19.3 Å². The van der Waals surface area contributed by atoms with Gasteiger partial charge in [0.25, 0.3) is 0 Å². The van der Waals surface area contributed by atoms with Crippen molar-refractivity contribution in [3.63, 3.8) is 0 Å². The molecular weight excluding hydrogens is 242 g/mol. The molecule has 0 spiro atoms. The lowest BCUT2D eigenvalue weighted by Gasteiger charge is -2.22. The highest BCUT2D eigenvalue weighted by Gasteiger charge is 2.31. The van der Waals surface area contributed by atoms with Gasteiger partial charge in [-0.05, 0) is 38.5 Å². The molecule has 0 aromatic heterocycles. The lowest BCUT2D eigenvalue weighted by atomic mass is 9.89. The Balaban J connectivity index is 2.48. The molecule has 1 aliphatic rings. The number of nitrogens with one attached hydrogen (secondary N) is 1. The SMILES string of the molecule is CC(C)(C)S(=O)(=O)NOC(=O)C1CCCCC1. The molecule has 100 valence electrons. The first kappa shape index (κ1) is 14.4. The van der Waals surface area contributed by atoms with E-state index in [0.717, 1.165) is 32.1 Å². The number of sulfonamides is 1. The van der Waals surface area contributed by atoms with Crippen molar-refractivity contribution < 1.29 is 18.0 Å². The van der Waals surface area contributed by atoms with Gasteiger partial charge in [-0.15, -0.1) is 0 Å². The number of hydrogen-bond donors (Lipinski definition) is 1. The predicted molar refractivity (Wildman–Crippen MR) is 64.5 cm³/mol. The fourth-order valence-corrected chi connectivity index (χ4v) is 2.08. The minimum absolute atomic E-state index is 0.161. The lowest BCUT2D eigenvalue weighted by molar-refractivity contribution is -0.153. The fraction of sp³-hybridized carbons (Fsp3) is 0.909. The van der Waals surface area contributed by atoms with Crippen molar-refractivity contribution in [2.75, 3.05) is 0 Å². The standard InChI is InChI=1S/C11H21NO4S/c1-11(2,3)17(14,15)12-16-10(13)9-7-5-4-6-8-9/h9,12H,4-8H2,1-3H3. The summed E-state index contributed by atoms with van der Waals surface area (Å²) in [5.41, 5.74) is 0. The first-order chi connectivity index (χ1) is 7.74. The van der Waals surface area contributed by atoms with Gasteiger partial charge in [-0.3, -0.25) is 4.79 Å². The predicted octanol–water partition coefficient (Wildman–Crippen LogP) is 1.74.